The van der Waals surface area contributed by atoms with Gasteiger partial charge in [-0.1, -0.05) is 36.4 Å². The smallest absolute Gasteiger partial charge is 0.337 e. The Balaban J connectivity index is 1.68. The number of fused-ring (bicyclic) bond motifs is 1. The molecule has 4 N–H and O–H groups in total. The minimum Gasteiger partial charge on any atom is -0.478 e. The van der Waals surface area contributed by atoms with E-state index in [0.717, 1.165) is 16.3 Å². The number of nitrogens with two attached hydrogens (primary N) is 1. The lowest BCUT2D eigenvalue weighted by Gasteiger charge is -2.09. The fourth-order valence-electron chi connectivity index (χ4n) is 2.85. The van der Waals surface area contributed by atoms with Crippen LogP contribution in [0.3, 0.4) is 0 Å². The standard InChI is InChI=1S/C21H18N2O4/c22-20(25)16-9-8-14-11-13(5-7-15(14)12-16)6-10-19(24)23-18-4-2-1-3-17(18)21(26)27/h1-5,7-9,11-12H,6,10H2,(H2,22,25)(H,23,24)(H,26,27). The van der Waals surface area contributed by atoms with Crippen LogP contribution in [-0.2, 0) is 11.2 Å². The van der Waals surface area contributed by atoms with Crippen molar-refractivity contribution < 1.29 is 19.5 Å². The topological polar surface area (TPSA) is 109 Å². The lowest BCUT2D eigenvalue weighted by atomic mass is 10.0. The van der Waals surface area contributed by atoms with E-state index in [1.165, 1.54) is 6.07 Å². The average molecular weight is 362 g/mol. The predicted molar refractivity (Wildman–Crippen MR) is 103 cm³/mol. The summed E-state index contributed by atoms with van der Waals surface area (Å²) < 4.78 is 0. The summed E-state index contributed by atoms with van der Waals surface area (Å²) in [5.74, 6) is -1.82. The number of aromatic carboxylic acids is 1. The molecule has 0 saturated carbocycles. The van der Waals surface area contributed by atoms with Crippen LogP contribution < -0.4 is 11.1 Å². The Morgan fingerprint density at radius 1 is 0.926 bits per heavy atom. The lowest BCUT2D eigenvalue weighted by molar-refractivity contribution is -0.116. The van der Waals surface area contributed by atoms with Crippen molar-refractivity contribution in [1.82, 2.24) is 0 Å². The number of nitrogens with one attached hydrogen (secondary N) is 1. The second kappa shape index (κ2) is 7.70. The van der Waals surface area contributed by atoms with Gasteiger partial charge in [0.15, 0.2) is 0 Å². The number of benzene rings is 3. The summed E-state index contributed by atoms with van der Waals surface area (Å²) >= 11 is 0. The number of carboxylic acids is 1. The molecule has 0 spiro atoms. The molecule has 136 valence electrons. The second-order valence-electron chi connectivity index (χ2n) is 6.16. The first-order valence-electron chi connectivity index (χ1n) is 8.39. The van der Waals surface area contributed by atoms with E-state index in [-0.39, 0.29) is 23.6 Å². The molecule has 0 heterocycles. The molecule has 0 bridgehead atoms. The van der Waals surface area contributed by atoms with Gasteiger partial charge in [0.05, 0.1) is 11.3 Å². The van der Waals surface area contributed by atoms with Gasteiger partial charge in [-0.25, -0.2) is 4.79 Å². The van der Waals surface area contributed by atoms with Crippen LogP contribution in [0.5, 0.6) is 0 Å². The van der Waals surface area contributed by atoms with Crippen LogP contribution >= 0.6 is 0 Å². The van der Waals surface area contributed by atoms with Crippen molar-refractivity contribution in [3.8, 4) is 0 Å². The van der Waals surface area contributed by atoms with Gasteiger partial charge in [0.25, 0.3) is 0 Å². The van der Waals surface area contributed by atoms with Crippen molar-refractivity contribution in [1.29, 1.82) is 0 Å². The van der Waals surface area contributed by atoms with Gasteiger partial charge in [-0.2, -0.15) is 0 Å². The minimum atomic E-state index is -1.09. The summed E-state index contributed by atoms with van der Waals surface area (Å²) in [6.07, 6.45) is 0.730. The summed E-state index contributed by atoms with van der Waals surface area (Å²) in [5.41, 5.74) is 7.05. The van der Waals surface area contributed by atoms with Crippen LogP contribution in [0, 0.1) is 0 Å². The van der Waals surface area contributed by atoms with Gasteiger partial charge in [0, 0.05) is 12.0 Å². The highest BCUT2D eigenvalue weighted by atomic mass is 16.4. The molecule has 0 unspecified atom stereocenters. The summed E-state index contributed by atoms with van der Waals surface area (Å²) in [7, 11) is 0. The zero-order chi connectivity index (χ0) is 19.4. The molecular formula is C21H18N2O4. The third-order valence-electron chi connectivity index (χ3n) is 4.26. The summed E-state index contributed by atoms with van der Waals surface area (Å²) in [4.78, 5) is 34.6. The molecule has 0 atom stereocenters. The first-order chi connectivity index (χ1) is 12.9. The SMILES string of the molecule is NC(=O)c1ccc2cc(CCC(=O)Nc3ccccc3C(=O)O)ccc2c1. The van der Waals surface area contributed by atoms with E-state index in [1.807, 2.05) is 24.3 Å². The Kier molecular flexibility index (Phi) is 5.17. The maximum absolute atomic E-state index is 12.2. The normalized spacial score (nSPS) is 10.5. The molecule has 0 saturated heterocycles. The highest BCUT2D eigenvalue weighted by Crippen LogP contribution is 2.20. The van der Waals surface area contributed by atoms with Crippen molar-refractivity contribution in [2.45, 2.75) is 12.8 Å². The Morgan fingerprint density at radius 3 is 2.37 bits per heavy atom. The van der Waals surface area contributed by atoms with Gasteiger partial charge >= 0.3 is 5.97 Å². The predicted octanol–water partition coefficient (Wildman–Crippen LogP) is 3.21. The largest absolute Gasteiger partial charge is 0.478 e. The highest BCUT2D eigenvalue weighted by molar-refractivity contribution is 6.00. The average Bonchev–Trinajstić information content (AvgIpc) is 2.66. The molecule has 0 aromatic heterocycles. The molecule has 6 heteroatoms. The number of primary amides is 1. The Bertz CT molecular complexity index is 1040. The van der Waals surface area contributed by atoms with Crippen LogP contribution in [-0.4, -0.2) is 22.9 Å². The van der Waals surface area contributed by atoms with Gasteiger partial charge in [0.2, 0.25) is 11.8 Å². The highest BCUT2D eigenvalue weighted by Gasteiger charge is 2.12. The van der Waals surface area contributed by atoms with Crippen LogP contribution in [0.25, 0.3) is 10.8 Å². The van der Waals surface area contributed by atoms with Gasteiger partial charge in [-0.3, -0.25) is 9.59 Å². The van der Waals surface area contributed by atoms with E-state index in [4.69, 9.17) is 10.8 Å². The molecule has 3 aromatic rings. The molecule has 27 heavy (non-hydrogen) atoms. The molecule has 0 aliphatic rings. The lowest BCUT2D eigenvalue weighted by Crippen LogP contribution is -2.15. The number of carbonyl (C=O) groups is 3. The number of para-hydroxylation sites is 1. The maximum atomic E-state index is 12.2. The summed E-state index contributed by atoms with van der Waals surface area (Å²) in [6, 6.07) is 17.3. The van der Waals surface area contributed by atoms with E-state index in [2.05, 4.69) is 5.32 Å². The van der Waals surface area contributed by atoms with E-state index in [9.17, 15) is 14.4 Å². The molecule has 0 fully saturated rings. The van der Waals surface area contributed by atoms with Gasteiger partial charge in [-0.05, 0) is 47.0 Å². The van der Waals surface area contributed by atoms with E-state index >= 15 is 0 Å². The van der Waals surface area contributed by atoms with Crippen molar-refractivity contribution in [3.05, 3.63) is 77.4 Å². The van der Waals surface area contributed by atoms with Crippen molar-refractivity contribution in [3.63, 3.8) is 0 Å². The minimum absolute atomic E-state index is 0.0572. The molecular weight excluding hydrogens is 344 g/mol. The van der Waals surface area contributed by atoms with Crippen molar-refractivity contribution in [2.75, 3.05) is 5.32 Å². The van der Waals surface area contributed by atoms with Crippen LogP contribution in [0.2, 0.25) is 0 Å². The van der Waals surface area contributed by atoms with E-state index in [1.54, 1.807) is 30.3 Å². The van der Waals surface area contributed by atoms with Gasteiger partial charge in [0.1, 0.15) is 0 Å². The maximum Gasteiger partial charge on any atom is 0.337 e. The zero-order valence-corrected chi connectivity index (χ0v) is 14.4. The number of carboxylic acid groups (broad SMARTS) is 1. The molecule has 3 aromatic carbocycles. The Labute approximate surface area is 155 Å². The molecule has 2 amide bonds. The van der Waals surface area contributed by atoms with Gasteiger partial charge < -0.3 is 16.2 Å². The fourth-order valence-corrected chi connectivity index (χ4v) is 2.85. The van der Waals surface area contributed by atoms with Crippen LogP contribution in [0.4, 0.5) is 5.69 Å². The van der Waals surface area contributed by atoms with Crippen LogP contribution in [0.15, 0.2) is 60.7 Å². The number of aryl methyl sites for hydroxylation is 1. The molecule has 0 aliphatic heterocycles. The number of anilines is 1. The number of hydrogen-bond donors (Lipinski definition) is 3. The quantitative estimate of drug-likeness (QED) is 0.625. The van der Waals surface area contributed by atoms with E-state index < -0.39 is 11.9 Å². The van der Waals surface area contributed by atoms with Crippen LogP contribution in [0.1, 0.15) is 32.7 Å². The monoisotopic (exact) mass is 362 g/mol. The number of hydrogen-bond acceptors (Lipinski definition) is 3. The van der Waals surface area contributed by atoms with Gasteiger partial charge in [-0.15, -0.1) is 0 Å². The summed E-state index contributed by atoms with van der Waals surface area (Å²) in [6.45, 7) is 0. The molecule has 0 aliphatic carbocycles. The summed E-state index contributed by atoms with van der Waals surface area (Å²) in [5, 5.41) is 13.7. The molecule has 6 nitrogen and oxygen atoms in total. The third-order valence-corrected chi connectivity index (χ3v) is 4.26. The molecule has 3 rings (SSSR count). The first kappa shape index (κ1) is 18.1. The fraction of sp³-hybridized carbons (Fsp3) is 0.0952. The number of rotatable bonds is 6. The Hall–Kier alpha value is -3.67. The van der Waals surface area contributed by atoms with Crippen molar-refractivity contribution >= 4 is 34.2 Å². The number of amides is 2. The Morgan fingerprint density at radius 2 is 1.63 bits per heavy atom. The zero-order valence-electron chi connectivity index (χ0n) is 14.4. The molecule has 0 radical (unpaired) electrons. The third kappa shape index (κ3) is 4.30. The number of carbonyl (C=O) groups excluding carboxylic acids is 2. The first-order valence-corrected chi connectivity index (χ1v) is 8.39. The second-order valence-corrected chi connectivity index (χ2v) is 6.16. The van der Waals surface area contributed by atoms with Crippen molar-refractivity contribution in [2.24, 2.45) is 5.73 Å². The van der Waals surface area contributed by atoms with E-state index in [0.29, 0.717) is 12.0 Å².